The molecule has 1 aromatic heterocycles. The number of pyridine rings is 1. The largest absolute Gasteiger partial charge is 0.381 e. The highest BCUT2D eigenvalue weighted by atomic mass is 16.5. The summed E-state index contributed by atoms with van der Waals surface area (Å²) < 4.78 is 5.50. The van der Waals surface area contributed by atoms with E-state index in [1.54, 1.807) is 0 Å². The zero-order valence-electron chi connectivity index (χ0n) is 10.3. The minimum Gasteiger partial charge on any atom is -0.381 e. The molecule has 16 heavy (non-hydrogen) atoms. The Balaban J connectivity index is 2.26. The maximum Gasteiger partial charge on any atom is 0.0480 e. The number of rotatable bonds is 8. The van der Waals surface area contributed by atoms with E-state index in [2.05, 4.69) is 23.3 Å². The Kier molecular flexibility index (Phi) is 6.77. The van der Waals surface area contributed by atoms with Crippen molar-refractivity contribution in [2.45, 2.75) is 32.2 Å². The molecule has 0 fully saturated rings. The summed E-state index contributed by atoms with van der Waals surface area (Å²) in [6, 6.07) is 4.57. The molecule has 0 saturated carbocycles. The van der Waals surface area contributed by atoms with Gasteiger partial charge in [-0.1, -0.05) is 13.0 Å². The molecule has 0 saturated heterocycles. The smallest absolute Gasteiger partial charge is 0.0480 e. The van der Waals surface area contributed by atoms with E-state index in [4.69, 9.17) is 4.74 Å². The molecule has 0 amide bonds. The van der Waals surface area contributed by atoms with Crippen molar-refractivity contribution >= 4 is 0 Å². The van der Waals surface area contributed by atoms with E-state index in [0.29, 0.717) is 6.04 Å². The van der Waals surface area contributed by atoms with E-state index >= 15 is 0 Å². The average molecular weight is 222 g/mol. The third-order valence-electron chi connectivity index (χ3n) is 2.57. The number of hydrogen-bond donors (Lipinski definition) is 1. The maximum absolute atomic E-state index is 5.50. The molecule has 0 radical (unpaired) electrons. The summed E-state index contributed by atoms with van der Waals surface area (Å²) in [5.74, 6) is 0. The Bertz CT molecular complexity index is 264. The molecule has 1 rings (SSSR count). The Morgan fingerprint density at radius 2 is 2.31 bits per heavy atom. The lowest BCUT2D eigenvalue weighted by molar-refractivity contribution is 0.125. The van der Waals surface area contributed by atoms with Crippen molar-refractivity contribution in [3.8, 4) is 0 Å². The van der Waals surface area contributed by atoms with Crippen molar-refractivity contribution in [2.24, 2.45) is 0 Å². The first-order chi connectivity index (χ1) is 7.86. The van der Waals surface area contributed by atoms with Gasteiger partial charge in [-0.3, -0.25) is 4.98 Å². The molecule has 90 valence electrons. The third kappa shape index (κ3) is 5.24. The van der Waals surface area contributed by atoms with Gasteiger partial charge in [-0.15, -0.1) is 0 Å². The molecule has 1 aromatic rings. The van der Waals surface area contributed by atoms with Gasteiger partial charge in [0.15, 0.2) is 0 Å². The summed E-state index contributed by atoms with van der Waals surface area (Å²) in [5.41, 5.74) is 1.28. The lowest BCUT2D eigenvalue weighted by Crippen LogP contribution is -2.29. The van der Waals surface area contributed by atoms with Gasteiger partial charge >= 0.3 is 0 Å². The minimum absolute atomic E-state index is 0.473. The number of nitrogens with zero attached hydrogens (tertiary/aromatic N) is 1. The predicted octanol–water partition coefficient (Wildman–Crippen LogP) is 2.03. The van der Waals surface area contributed by atoms with Crippen LogP contribution in [0.4, 0.5) is 0 Å². The normalized spacial score (nSPS) is 12.6. The molecule has 1 N–H and O–H groups in total. The fraction of sp³-hybridized carbons (Fsp3) is 0.615. The minimum atomic E-state index is 0.473. The molecular formula is C13H22N2O. The van der Waals surface area contributed by atoms with Crippen LogP contribution in [0, 0.1) is 0 Å². The second-order valence-electron chi connectivity index (χ2n) is 3.95. The van der Waals surface area contributed by atoms with Gasteiger partial charge < -0.3 is 10.1 Å². The second kappa shape index (κ2) is 8.25. The fourth-order valence-electron chi connectivity index (χ4n) is 1.62. The van der Waals surface area contributed by atoms with Crippen LogP contribution in [-0.2, 0) is 11.2 Å². The monoisotopic (exact) mass is 222 g/mol. The predicted molar refractivity (Wildman–Crippen MR) is 66.5 cm³/mol. The molecule has 1 heterocycles. The van der Waals surface area contributed by atoms with Crippen LogP contribution in [0.2, 0.25) is 0 Å². The summed E-state index contributed by atoms with van der Waals surface area (Å²) in [4.78, 5) is 4.12. The van der Waals surface area contributed by atoms with Crippen LogP contribution < -0.4 is 5.32 Å². The van der Waals surface area contributed by atoms with Crippen molar-refractivity contribution in [1.29, 1.82) is 0 Å². The van der Waals surface area contributed by atoms with Gasteiger partial charge in [0.05, 0.1) is 0 Å². The van der Waals surface area contributed by atoms with Gasteiger partial charge in [-0.25, -0.2) is 0 Å². The molecule has 0 spiro atoms. The van der Waals surface area contributed by atoms with Crippen LogP contribution in [0.1, 0.15) is 25.3 Å². The standard InChI is InChI=1S/C13H22N2O/c1-3-8-16-9-6-13(14-2)10-12-5-4-7-15-11-12/h4-5,7,11,13-14H,3,6,8-10H2,1-2H3. The summed E-state index contributed by atoms with van der Waals surface area (Å²) in [6.07, 6.45) is 6.89. The van der Waals surface area contributed by atoms with E-state index in [0.717, 1.165) is 32.5 Å². The van der Waals surface area contributed by atoms with Crippen LogP contribution in [0.3, 0.4) is 0 Å². The SMILES string of the molecule is CCCOCCC(Cc1cccnc1)NC. The Labute approximate surface area is 98.2 Å². The lowest BCUT2D eigenvalue weighted by atomic mass is 10.1. The molecule has 0 bridgehead atoms. The molecule has 0 aliphatic rings. The first kappa shape index (κ1) is 13.1. The fourth-order valence-corrected chi connectivity index (χ4v) is 1.62. The van der Waals surface area contributed by atoms with Gasteiger partial charge in [-0.05, 0) is 37.9 Å². The van der Waals surface area contributed by atoms with E-state index in [-0.39, 0.29) is 0 Å². The third-order valence-corrected chi connectivity index (χ3v) is 2.57. The Morgan fingerprint density at radius 1 is 1.44 bits per heavy atom. The van der Waals surface area contributed by atoms with Crippen LogP contribution >= 0.6 is 0 Å². The van der Waals surface area contributed by atoms with Gasteiger partial charge in [-0.2, -0.15) is 0 Å². The second-order valence-corrected chi connectivity index (χ2v) is 3.95. The first-order valence-electron chi connectivity index (χ1n) is 6.00. The molecule has 1 atom stereocenters. The van der Waals surface area contributed by atoms with Crippen LogP contribution in [0.5, 0.6) is 0 Å². The molecule has 3 nitrogen and oxygen atoms in total. The number of ether oxygens (including phenoxy) is 1. The van der Waals surface area contributed by atoms with Crippen molar-refractivity contribution in [3.63, 3.8) is 0 Å². The lowest BCUT2D eigenvalue weighted by Gasteiger charge is -2.15. The molecule has 0 aliphatic heterocycles. The van der Waals surface area contributed by atoms with Crippen molar-refractivity contribution < 1.29 is 4.74 Å². The Hall–Kier alpha value is -0.930. The van der Waals surface area contributed by atoms with Gasteiger partial charge in [0.1, 0.15) is 0 Å². The molecule has 0 aliphatic carbocycles. The topological polar surface area (TPSA) is 34.1 Å². The summed E-state index contributed by atoms with van der Waals surface area (Å²) in [5, 5.41) is 3.32. The number of nitrogens with one attached hydrogen (secondary N) is 1. The molecule has 1 unspecified atom stereocenters. The molecule has 0 aromatic carbocycles. The highest BCUT2D eigenvalue weighted by molar-refractivity contribution is 5.10. The van der Waals surface area contributed by atoms with Gasteiger partial charge in [0.25, 0.3) is 0 Å². The summed E-state index contributed by atoms with van der Waals surface area (Å²) in [6.45, 7) is 3.83. The van der Waals surface area contributed by atoms with Crippen LogP contribution in [-0.4, -0.2) is 31.3 Å². The van der Waals surface area contributed by atoms with E-state index in [9.17, 15) is 0 Å². The quantitative estimate of drug-likeness (QED) is 0.683. The van der Waals surface area contributed by atoms with Gasteiger partial charge in [0, 0.05) is 31.6 Å². The maximum atomic E-state index is 5.50. The van der Waals surface area contributed by atoms with E-state index in [1.807, 2.05) is 25.5 Å². The Morgan fingerprint density at radius 3 is 2.94 bits per heavy atom. The van der Waals surface area contributed by atoms with Crippen molar-refractivity contribution in [1.82, 2.24) is 10.3 Å². The molecule has 3 heteroatoms. The van der Waals surface area contributed by atoms with Crippen LogP contribution in [0.25, 0.3) is 0 Å². The number of likely N-dealkylation sites (N-methyl/N-ethyl adjacent to an activating group) is 1. The highest BCUT2D eigenvalue weighted by Crippen LogP contribution is 2.04. The van der Waals surface area contributed by atoms with Crippen molar-refractivity contribution in [2.75, 3.05) is 20.3 Å². The average Bonchev–Trinajstić information content (AvgIpc) is 2.34. The van der Waals surface area contributed by atoms with E-state index in [1.165, 1.54) is 5.56 Å². The van der Waals surface area contributed by atoms with Gasteiger partial charge in [0.2, 0.25) is 0 Å². The highest BCUT2D eigenvalue weighted by Gasteiger charge is 2.06. The van der Waals surface area contributed by atoms with Crippen LogP contribution in [0.15, 0.2) is 24.5 Å². The summed E-state index contributed by atoms with van der Waals surface area (Å²) in [7, 11) is 2.00. The zero-order chi connectivity index (χ0) is 11.6. The first-order valence-corrected chi connectivity index (χ1v) is 6.00. The number of aromatic nitrogens is 1. The van der Waals surface area contributed by atoms with E-state index < -0.39 is 0 Å². The van der Waals surface area contributed by atoms with Crippen molar-refractivity contribution in [3.05, 3.63) is 30.1 Å². The number of hydrogen-bond acceptors (Lipinski definition) is 3. The summed E-state index contributed by atoms with van der Waals surface area (Å²) >= 11 is 0. The zero-order valence-corrected chi connectivity index (χ0v) is 10.3. The molecular weight excluding hydrogens is 200 g/mol.